The van der Waals surface area contributed by atoms with Gasteiger partial charge in [-0.25, -0.2) is 4.39 Å². The zero-order chi connectivity index (χ0) is 21.0. The molecule has 156 valence electrons. The molecule has 2 amide bonds. The van der Waals surface area contributed by atoms with E-state index in [4.69, 9.17) is 4.74 Å². The van der Waals surface area contributed by atoms with Gasteiger partial charge in [0, 0.05) is 24.9 Å². The Bertz CT molecular complexity index is 867. The highest BCUT2D eigenvalue weighted by Crippen LogP contribution is 2.34. The molecule has 0 aliphatic carbocycles. The fourth-order valence-corrected chi connectivity index (χ4v) is 4.53. The van der Waals surface area contributed by atoms with Crippen LogP contribution in [0.4, 0.5) is 4.39 Å². The summed E-state index contributed by atoms with van der Waals surface area (Å²) < 4.78 is 19.7. The summed E-state index contributed by atoms with van der Waals surface area (Å²) in [5, 5.41) is 2.01. The first-order valence-corrected chi connectivity index (χ1v) is 10.7. The minimum absolute atomic E-state index is 0.0448. The van der Waals surface area contributed by atoms with Crippen LogP contribution in [0.2, 0.25) is 0 Å². The zero-order valence-electron chi connectivity index (χ0n) is 17.1. The van der Waals surface area contributed by atoms with E-state index >= 15 is 0 Å². The normalized spacial score (nSPS) is 15.9. The summed E-state index contributed by atoms with van der Waals surface area (Å²) in [4.78, 5) is 29.7. The number of thiophene rings is 1. The summed E-state index contributed by atoms with van der Waals surface area (Å²) in [5.41, 5.74) is 1.05. The Labute approximate surface area is 175 Å². The molecule has 0 spiro atoms. The topological polar surface area (TPSA) is 49.9 Å². The Hall–Kier alpha value is -2.41. The van der Waals surface area contributed by atoms with Gasteiger partial charge in [0.2, 0.25) is 11.8 Å². The van der Waals surface area contributed by atoms with E-state index in [-0.39, 0.29) is 42.7 Å². The third kappa shape index (κ3) is 5.15. The monoisotopic (exact) mass is 418 g/mol. The summed E-state index contributed by atoms with van der Waals surface area (Å²) >= 11 is 1.66. The van der Waals surface area contributed by atoms with E-state index in [0.717, 1.165) is 12.0 Å². The fraction of sp³-hybridized carbons (Fsp3) is 0.455. The van der Waals surface area contributed by atoms with Crippen LogP contribution in [-0.2, 0) is 16.0 Å². The van der Waals surface area contributed by atoms with Crippen LogP contribution >= 0.6 is 11.3 Å². The molecule has 2 heterocycles. The lowest BCUT2D eigenvalue weighted by Crippen LogP contribution is -2.48. The molecule has 29 heavy (non-hydrogen) atoms. The predicted octanol–water partition coefficient (Wildman–Crippen LogP) is 3.90. The van der Waals surface area contributed by atoms with E-state index in [2.05, 4.69) is 0 Å². The highest BCUT2D eigenvalue weighted by atomic mass is 32.1. The van der Waals surface area contributed by atoms with Gasteiger partial charge in [-0.2, -0.15) is 0 Å². The van der Waals surface area contributed by atoms with Crippen molar-refractivity contribution in [3.8, 4) is 5.75 Å². The Morgan fingerprint density at radius 3 is 2.76 bits per heavy atom. The molecular weight excluding hydrogens is 391 g/mol. The van der Waals surface area contributed by atoms with Crippen molar-refractivity contribution in [3.05, 3.63) is 52.0 Å². The highest BCUT2D eigenvalue weighted by molar-refractivity contribution is 7.10. The molecule has 1 aromatic heterocycles. The van der Waals surface area contributed by atoms with Crippen LogP contribution < -0.4 is 4.74 Å². The molecule has 0 saturated heterocycles. The second-order valence-corrected chi connectivity index (χ2v) is 8.69. The van der Waals surface area contributed by atoms with Gasteiger partial charge in [0.1, 0.15) is 6.61 Å². The van der Waals surface area contributed by atoms with E-state index < -0.39 is 5.82 Å². The Morgan fingerprint density at radius 1 is 1.31 bits per heavy atom. The number of hydrogen-bond donors (Lipinski definition) is 0. The van der Waals surface area contributed by atoms with E-state index in [1.165, 1.54) is 17.9 Å². The minimum atomic E-state index is -0.425. The number of carbonyl (C=O) groups excluding carboxylic acids is 2. The fourth-order valence-electron chi connectivity index (χ4n) is 3.60. The number of para-hydroxylation sites is 1. The number of halogens is 1. The van der Waals surface area contributed by atoms with Gasteiger partial charge in [-0.15, -0.1) is 11.3 Å². The van der Waals surface area contributed by atoms with Crippen LogP contribution in [-0.4, -0.2) is 47.9 Å². The molecule has 1 aliphatic rings. The van der Waals surface area contributed by atoms with Gasteiger partial charge >= 0.3 is 0 Å². The molecule has 3 rings (SSSR count). The van der Waals surface area contributed by atoms with Gasteiger partial charge in [-0.05, 0) is 41.5 Å². The van der Waals surface area contributed by atoms with Crippen molar-refractivity contribution >= 4 is 23.2 Å². The number of rotatable bonds is 7. The molecule has 1 atom stereocenters. The summed E-state index contributed by atoms with van der Waals surface area (Å²) in [7, 11) is 0. The van der Waals surface area contributed by atoms with Crippen molar-refractivity contribution in [2.75, 3.05) is 26.2 Å². The molecule has 0 saturated carbocycles. The van der Waals surface area contributed by atoms with E-state index in [1.54, 1.807) is 39.3 Å². The van der Waals surface area contributed by atoms with Crippen LogP contribution in [0.5, 0.6) is 5.75 Å². The van der Waals surface area contributed by atoms with Gasteiger partial charge in [0.05, 0.1) is 12.6 Å². The first-order valence-electron chi connectivity index (χ1n) is 9.85. The molecule has 5 nitrogen and oxygen atoms in total. The SMILES string of the molecule is CC(=O)N(CC(=O)N1CCc2sccc2C1COc1ccccc1F)CC(C)C. The zero-order valence-corrected chi connectivity index (χ0v) is 17.9. The number of hydrogen-bond acceptors (Lipinski definition) is 4. The Morgan fingerprint density at radius 2 is 2.07 bits per heavy atom. The van der Waals surface area contributed by atoms with Crippen molar-refractivity contribution in [2.45, 2.75) is 33.2 Å². The molecule has 1 aliphatic heterocycles. The Kier molecular flexibility index (Phi) is 6.90. The van der Waals surface area contributed by atoms with E-state index in [1.807, 2.05) is 25.3 Å². The van der Waals surface area contributed by atoms with Crippen molar-refractivity contribution in [2.24, 2.45) is 5.92 Å². The van der Waals surface area contributed by atoms with Crippen LogP contribution in [0.15, 0.2) is 35.7 Å². The van der Waals surface area contributed by atoms with Gasteiger partial charge < -0.3 is 14.5 Å². The molecule has 0 bridgehead atoms. The lowest BCUT2D eigenvalue weighted by atomic mass is 10.0. The third-order valence-electron chi connectivity index (χ3n) is 5.01. The first-order chi connectivity index (χ1) is 13.9. The number of benzene rings is 1. The van der Waals surface area contributed by atoms with Gasteiger partial charge in [-0.1, -0.05) is 26.0 Å². The maximum absolute atomic E-state index is 14.0. The first kappa shape index (κ1) is 21.3. The molecule has 1 aromatic carbocycles. The molecule has 0 radical (unpaired) electrons. The van der Waals surface area contributed by atoms with Gasteiger partial charge in [-0.3, -0.25) is 9.59 Å². The second-order valence-electron chi connectivity index (χ2n) is 7.69. The summed E-state index contributed by atoms with van der Waals surface area (Å²) in [5.74, 6) is -0.199. The third-order valence-corrected chi connectivity index (χ3v) is 6.00. The second kappa shape index (κ2) is 9.39. The highest BCUT2D eigenvalue weighted by Gasteiger charge is 2.33. The summed E-state index contributed by atoms with van der Waals surface area (Å²) in [6.07, 6.45) is 0.777. The number of fused-ring (bicyclic) bond motifs is 1. The van der Waals surface area contributed by atoms with Crippen LogP contribution in [0.25, 0.3) is 0 Å². The maximum atomic E-state index is 14.0. The van der Waals surface area contributed by atoms with Crippen LogP contribution in [0.1, 0.15) is 37.3 Å². The van der Waals surface area contributed by atoms with E-state index in [9.17, 15) is 14.0 Å². The molecule has 7 heteroatoms. The van der Waals surface area contributed by atoms with E-state index in [0.29, 0.717) is 13.1 Å². The van der Waals surface area contributed by atoms with Crippen LogP contribution in [0.3, 0.4) is 0 Å². The summed E-state index contributed by atoms with van der Waals surface area (Å²) in [6.45, 7) is 6.83. The number of carbonyl (C=O) groups is 2. The number of amides is 2. The molecule has 0 fully saturated rings. The maximum Gasteiger partial charge on any atom is 0.242 e. The van der Waals surface area contributed by atoms with Crippen molar-refractivity contribution in [3.63, 3.8) is 0 Å². The minimum Gasteiger partial charge on any atom is -0.488 e. The molecule has 2 aromatic rings. The largest absolute Gasteiger partial charge is 0.488 e. The molecule has 0 N–H and O–H groups in total. The summed E-state index contributed by atoms with van der Waals surface area (Å²) in [6, 6.07) is 7.97. The van der Waals surface area contributed by atoms with Gasteiger partial charge in [0.25, 0.3) is 0 Å². The standard InChI is InChI=1S/C22H27FN2O3S/c1-15(2)12-24(16(3)26)13-22(27)25-10-8-21-17(9-11-29-21)19(25)14-28-20-7-5-4-6-18(20)23/h4-7,9,11,15,19H,8,10,12-14H2,1-3H3. The molecule has 1 unspecified atom stereocenters. The average molecular weight is 419 g/mol. The predicted molar refractivity (Wildman–Crippen MR) is 111 cm³/mol. The van der Waals surface area contributed by atoms with Crippen molar-refractivity contribution in [1.29, 1.82) is 0 Å². The van der Waals surface area contributed by atoms with Gasteiger partial charge in [0.15, 0.2) is 11.6 Å². The lowest BCUT2D eigenvalue weighted by molar-refractivity contribution is -0.142. The number of nitrogens with zero attached hydrogens (tertiary/aromatic N) is 2. The lowest BCUT2D eigenvalue weighted by Gasteiger charge is -2.37. The number of ether oxygens (including phenoxy) is 1. The Balaban J connectivity index is 1.77. The van der Waals surface area contributed by atoms with Crippen molar-refractivity contribution in [1.82, 2.24) is 9.80 Å². The smallest absolute Gasteiger partial charge is 0.242 e. The average Bonchev–Trinajstić information content (AvgIpc) is 3.15. The molecular formula is C22H27FN2O3S. The quantitative estimate of drug-likeness (QED) is 0.685. The van der Waals surface area contributed by atoms with Crippen LogP contribution in [0, 0.1) is 11.7 Å². The van der Waals surface area contributed by atoms with Crippen molar-refractivity contribution < 1.29 is 18.7 Å².